The van der Waals surface area contributed by atoms with Crippen LogP contribution >= 0.6 is 0 Å². The molecule has 3 N–H and O–H groups in total. The molecule has 2 aromatic rings. The van der Waals surface area contributed by atoms with Crippen LogP contribution in [0.25, 0.3) is 0 Å². The number of hydrogen-bond acceptors (Lipinski definition) is 3. The van der Waals surface area contributed by atoms with Crippen molar-refractivity contribution in [1.82, 2.24) is 10.6 Å². The Morgan fingerprint density at radius 3 is 2.71 bits per heavy atom. The van der Waals surface area contributed by atoms with Gasteiger partial charge in [0.1, 0.15) is 18.1 Å². The molecule has 0 atom stereocenters. The number of nitrogens with zero attached hydrogens (tertiary/aromatic N) is 1. The van der Waals surface area contributed by atoms with Crippen LogP contribution in [0.3, 0.4) is 0 Å². The van der Waals surface area contributed by atoms with Crippen molar-refractivity contribution >= 4 is 17.6 Å². The van der Waals surface area contributed by atoms with Crippen LogP contribution in [0, 0.1) is 12.7 Å². The highest BCUT2D eigenvalue weighted by Gasteiger charge is 2.06. The van der Waals surface area contributed by atoms with Crippen LogP contribution in [-0.2, 0) is 11.2 Å². The maximum atomic E-state index is 13.2. The van der Waals surface area contributed by atoms with Gasteiger partial charge in [0.15, 0.2) is 5.96 Å². The third-order valence-corrected chi connectivity index (χ3v) is 3.96. The third kappa shape index (κ3) is 6.90. The van der Waals surface area contributed by atoms with Gasteiger partial charge in [-0.25, -0.2) is 9.38 Å². The Balaban J connectivity index is 1.89. The van der Waals surface area contributed by atoms with Crippen molar-refractivity contribution in [2.75, 3.05) is 32.1 Å². The van der Waals surface area contributed by atoms with E-state index in [-0.39, 0.29) is 12.5 Å². The molecule has 0 aliphatic carbocycles. The number of rotatable bonds is 8. The molecule has 0 radical (unpaired) electrons. The van der Waals surface area contributed by atoms with Gasteiger partial charge in [0, 0.05) is 18.8 Å². The lowest BCUT2D eigenvalue weighted by molar-refractivity contribution is -0.114. The summed E-state index contributed by atoms with van der Waals surface area (Å²) in [5.41, 5.74) is 2.68. The van der Waals surface area contributed by atoms with Crippen LogP contribution in [0.4, 0.5) is 10.1 Å². The number of halogens is 1. The molecule has 0 saturated heterocycles. The van der Waals surface area contributed by atoms with E-state index >= 15 is 0 Å². The molecule has 0 heterocycles. The molecular formula is C21H27FN4O2. The van der Waals surface area contributed by atoms with Gasteiger partial charge >= 0.3 is 0 Å². The topological polar surface area (TPSA) is 74.8 Å². The van der Waals surface area contributed by atoms with Gasteiger partial charge < -0.3 is 20.7 Å². The second-order valence-corrected chi connectivity index (χ2v) is 6.25. The average molecular weight is 386 g/mol. The number of nitrogens with one attached hydrogen (secondary N) is 3. The van der Waals surface area contributed by atoms with E-state index in [4.69, 9.17) is 4.74 Å². The molecule has 0 aliphatic rings. The molecule has 0 bridgehead atoms. The fourth-order valence-corrected chi connectivity index (χ4v) is 2.68. The molecule has 0 saturated carbocycles. The maximum Gasteiger partial charge on any atom is 0.246 e. The molecule has 1 amide bonds. The summed E-state index contributed by atoms with van der Waals surface area (Å²) in [6.07, 6.45) is 0.755. The Bertz CT molecular complexity index is 824. The number of methoxy groups -OCH3 is 1. The van der Waals surface area contributed by atoms with E-state index in [0.29, 0.717) is 24.7 Å². The number of amides is 1. The first-order valence-electron chi connectivity index (χ1n) is 9.23. The lowest BCUT2D eigenvalue weighted by Crippen LogP contribution is -2.39. The van der Waals surface area contributed by atoms with Crippen LogP contribution in [0.5, 0.6) is 5.75 Å². The predicted octanol–water partition coefficient (Wildman–Crippen LogP) is 2.88. The van der Waals surface area contributed by atoms with Crippen LogP contribution in [0.15, 0.2) is 47.5 Å². The summed E-state index contributed by atoms with van der Waals surface area (Å²) in [6, 6.07) is 11.8. The SMILES string of the molecule is CCNC(=NCC(=O)Nc1cccc(F)c1)NCCc1cc(C)ccc1OC. The summed E-state index contributed by atoms with van der Waals surface area (Å²) < 4.78 is 18.6. The molecule has 0 spiro atoms. The first-order valence-corrected chi connectivity index (χ1v) is 9.23. The number of anilines is 1. The second-order valence-electron chi connectivity index (χ2n) is 6.25. The zero-order chi connectivity index (χ0) is 20.4. The van der Waals surface area contributed by atoms with Gasteiger partial charge in [-0.15, -0.1) is 0 Å². The van der Waals surface area contributed by atoms with E-state index in [1.54, 1.807) is 19.2 Å². The van der Waals surface area contributed by atoms with E-state index in [1.807, 2.05) is 26.0 Å². The summed E-state index contributed by atoms with van der Waals surface area (Å²) in [5, 5.41) is 8.94. The first-order chi connectivity index (χ1) is 13.5. The zero-order valence-electron chi connectivity index (χ0n) is 16.5. The molecule has 0 fully saturated rings. The molecule has 0 unspecified atom stereocenters. The number of hydrogen-bond donors (Lipinski definition) is 3. The highest BCUT2D eigenvalue weighted by atomic mass is 19.1. The van der Waals surface area contributed by atoms with E-state index in [2.05, 4.69) is 27.0 Å². The van der Waals surface area contributed by atoms with Gasteiger partial charge in [-0.2, -0.15) is 0 Å². The van der Waals surface area contributed by atoms with Crippen LogP contribution < -0.4 is 20.7 Å². The molecule has 7 heteroatoms. The summed E-state index contributed by atoms with van der Waals surface area (Å²) in [6.45, 7) is 5.23. The number of ether oxygens (including phenoxy) is 1. The lowest BCUT2D eigenvalue weighted by atomic mass is 10.1. The minimum absolute atomic E-state index is 0.0698. The van der Waals surface area contributed by atoms with Gasteiger partial charge in [-0.05, 0) is 50.1 Å². The van der Waals surface area contributed by atoms with Crippen molar-refractivity contribution in [2.45, 2.75) is 20.3 Å². The van der Waals surface area contributed by atoms with E-state index in [0.717, 1.165) is 17.7 Å². The van der Waals surface area contributed by atoms with Crippen molar-refractivity contribution in [3.05, 3.63) is 59.4 Å². The Morgan fingerprint density at radius 2 is 2.00 bits per heavy atom. The van der Waals surface area contributed by atoms with Crippen molar-refractivity contribution < 1.29 is 13.9 Å². The largest absolute Gasteiger partial charge is 0.496 e. The van der Waals surface area contributed by atoms with Crippen molar-refractivity contribution in [3.8, 4) is 5.75 Å². The number of carbonyl (C=O) groups excluding carboxylic acids is 1. The quantitative estimate of drug-likeness (QED) is 0.482. The summed E-state index contributed by atoms with van der Waals surface area (Å²) in [4.78, 5) is 16.3. The van der Waals surface area contributed by atoms with Gasteiger partial charge in [-0.3, -0.25) is 4.79 Å². The number of benzene rings is 2. The molecule has 0 aromatic heterocycles. The van der Waals surface area contributed by atoms with Crippen LogP contribution in [0.2, 0.25) is 0 Å². The molecule has 2 aromatic carbocycles. The number of aliphatic imine (C=N–C) groups is 1. The number of aryl methyl sites for hydroxylation is 1. The van der Waals surface area contributed by atoms with Crippen LogP contribution in [0.1, 0.15) is 18.1 Å². The number of carbonyl (C=O) groups is 1. The second kappa shape index (κ2) is 10.9. The normalized spacial score (nSPS) is 11.1. The smallest absolute Gasteiger partial charge is 0.246 e. The maximum absolute atomic E-state index is 13.2. The summed E-state index contributed by atoms with van der Waals surface area (Å²) in [5.74, 6) is 0.679. The van der Waals surface area contributed by atoms with Gasteiger partial charge in [0.05, 0.1) is 7.11 Å². The fourth-order valence-electron chi connectivity index (χ4n) is 2.68. The minimum Gasteiger partial charge on any atom is -0.496 e. The van der Waals surface area contributed by atoms with Gasteiger partial charge in [-0.1, -0.05) is 23.8 Å². The third-order valence-electron chi connectivity index (χ3n) is 3.96. The molecule has 28 heavy (non-hydrogen) atoms. The molecule has 150 valence electrons. The lowest BCUT2D eigenvalue weighted by Gasteiger charge is -2.13. The van der Waals surface area contributed by atoms with Crippen molar-refractivity contribution in [3.63, 3.8) is 0 Å². The predicted molar refractivity (Wildman–Crippen MR) is 110 cm³/mol. The molecular weight excluding hydrogens is 359 g/mol. The Labute approximate surface area is 165 Å². The summed E-state index contributed by atoms with van der Waals surface area (Å²) >= 11 is 0. The first kappa shape index (κ1) is 21.2. The van der Waals surface area contributed by atoms with E-state index in [9.17, 15) is 9.18 Å². The Kier molecular flexibility index (Phi) is 8.27. The zero-order valence-corrected chi connectivity index (χ0v) is 16.5. The highest BCUT2D eigenvalue weighted by molar-refractivity contribution is 5.94. The Morgan fingerprint density at radius 1 is 1.18 bits per heavy atom. The Hall–Kier alpha value is -3.09. The molecule has 2 rings (SSSR count). The van der Waals surface area contributed by atoms with E-state index < -0.39 is 5.82 Å². The van der Waals surface area contributed by atoms with Crippen molar-refractivity contribution in [1.29, 1.82) is 0 Å². The summed E-state index contributed by atoms with van der Waals surface area (Å²) in [7, 11) is 1.66. The van der Waals surface area contributed by atoms with Crippen molar-refractivity contribution in [2.24, 2.45) is 4.99 Å². The average Bonchev–Trinajstić information content (AvgIpc) is 2.66. The molecule has 0 aliphatic heterocycles. The number of guanidine groups is 1. The monoisotopic (exact) mass is 386 g/mol. The highest BCUT2D eigenvalue weighted by Crippen LogP contribution is 2.19. The standard InChI is InChI=1S/C21H27FN4O2/c1-4-23-21(24-11-10-16-12-15(2)8-9-19(16)28-3)25-14-20(27)26-18-7-5-6-17(22)13-18/h5-9,12-13H,4,10-11,14H2,1-3H3,(H,26,27)(H2,23,24,25). The van der Waals surface area contributed by atoms with Gasteiger partial charge in [0.2, 0.25) is 5.91 Å². The van der Waals surface area contributed by atoms with Gasteiger partial charge in [0.25, 0.3) is 0 Å². The minimum atomic E-state index is -0.400. The van der Waals surface area contributed by atoms with E-state index in [1.165, 1.54) is 17.7 Å². The van der Waals surface area contributed by atoms with Crippen LogP contribution in [-0.4, -0.2) is 38.6 Å². The fraction of sp³-hybridized carbons (Fsp3) is 0.333. The molecule has 6 nitrogen and oxygen atoms in total.